The van der Waals surface area contributed by atoms with Gasteiger partial charge in [0.05, 0.1) is 23.7 Å². The maximum absolute atomic E-state index is 11.7. The summed E-state index contributed by atoms with van der Waals surface area (Å²) < 4.78 is 5.34. The average molecular weight is 366 g/mol. The minimum atomic E-state index is -0.557. The summed E-state index contributed by atoms with van der Waals surface area (Å²) in [5.74, 6) is -0.529. The van der Waals surface area contributed by atoms with E-state index in [0.717, 1.165) is 0 Å². The molecule has 0 unspecified atom stereocenters. The number of nitro groups is 1. The summed E-state index contributed by atoms with van der Waals surface area (Å²) in [6, 6.07) is 4.05. The summed E-state index contributed by atoms with van der Waals surface area (Å²) in [5, 5.41) is 10.6. The molecule has 0 aromatic heterocycles. The third kappa shape index (κ3) is 4.20. The number of hydrogen-bond donors (Lipinski definition) is 1. The maximum atomic E-state index is 11.7. The lowest BCUT2D eigenvalue weighted by Crippen LogP contribution is -2.26. The van der Waals surface area contributed by atoms with Gasteiger partial charge >= 0.3 is 0 Å². The molecule has 98 valence electrons. The lowest BCUT2D eigenvalue weighted by atomic mass is 10.2. The van der Waals surface area contributed by atoms with Crippen LogP contribution in [0.3, 0.4) is 0 Å². The predicted octanol–water partition coefficient (Wildman–Crippen LogP) is 1.51. The first-order valence-electron chi connectivity index (χ1n) is 4.91. The number of carbonyl (C=O) groups excluding carboxylic acids is 1. The Morgan fingerprint density at radius 2 is 2.22 bits per heavy atom. The van der Waals surface area contributed by atoms with Gasteiger partial charge in [0.25, 0.3) is 11.6 Å². The minimum absolute atomic E-state index is 0.141. The van der Waals surface area contributed by atoms with Crippen LogP contribution in [0, 0.1) is 13.7 Å². The number of halogens is 1. The second kappa shape index (κ2) is 7.24. The first-order valence-corrected chi connectivity index (χ1v) is 5.99. The molecule has 7 nitrogen and oxygen atoms in total. The molecule has 1 N–H and O–H groups in total. The molecular weight excluding hydrogens is 355 g/mol. The molecule has 1 aromatic carbocycles. The number of non-ortho nitro benzene ring substituents is 1. The predicted molar refractivity (Wildman–Crippen MR) is 71.1 cm³/mol. The highest BCUT2D eigenvalue weighted by Gasteiger charge is 2.15. The molecular formula is C10H11IN2O5. The van der Waals surface area contributed by atoms with E-state index in [0.29, 0.717) is 10.2 Å². The maximum Gasteiger partial charge on any atom is 0.276 e. The molecule has 0 aliphatic heterocycles. The Bertz CT molecular complexity index is 452. The van der Waals surface area contributed by atoms with Crippen LogP contribution < -0.4 is 5.48 Å². The number of rotatable bonds is 6. The van der Waals surface area contributed by atoms with Crippen LogP contribution in [0.5, 0.6) is 0 Å². The minimum Gasteiger partial charge on any atom is -0.382 e. The third-order valence-corrected chi connectivity index (χ3v) is 2.90. The van der Waals surface area contributed by atoms with Crippen LogP contribution in [0.15, 0.2) is 18.2 Å². The van der Waals surface area contributed by atoms with Crippen molar-refractivity contribution in [2.75, 3.05) is 20.3 Å². The lowest BCUT2D eigenvalue weighted by Gasteiger charge is -2.06. The van der Waals surface area contributed by atoms with Crippen LogP contribution in [0.2, 0.25) is 0 Å². The lowest BCUT2D eigenvalue weighted by molar-refractivity contribution is -0.384. The molecule has 0 fully saturated rings. The SMILES string of the molecule is COCCONC(=O)c1cc([N+](=O)[O-])ccc1I. The van der Waals surface area contributed by atoms with Crippen molar-refractivity contribution in [1.82, 2.24) is 5.48 Å². The fraction of sp³-hybridized carbons (Fsp3) is 0.300. The summed E-state index contributed by atoms with van der Waals surface area (Å²) in [6.45, 7) is 0.542. The summed E-state index contributed by atoms with van der Waals surface area (Å²) in [6.07, 6.45) is 0. The number of nitro benzene ring substituents is 1. The Morgan fingerprint density at radius 1 is 1.50 bits per heavy atom. The normalized spacial score (nSPS) is 10.1. The molecule has 0 saturated carbocycles. The largest absolute Gasteiger partial charge is 0.382 e. The van der Waals surface area contributed by atoms with Crippen LogP contribution in [0.4, 0.5) is 5.69 Å². The van der Waals surface area contributed by atoms with Gasteiger partial charge in [-0.15, -0.1) is 0 Å². The van der Waals surface area contributed by atoms with Gasteiger partial charge in [-0.25, -0.2) is 5.48 Å². The van der Waals surface area contributed by atoms with Crippen molar-refractivity contribution in [2.45, 2.75) is 0 Å². The van der Waals surface area contributed by atoms with Crippen molar-refractivity contribution in [3.8, 4) is 0 Å². The van der Waals surface area contributed by atoms with E-state index < -0.39 is 10.8 Å². The number of ether oxygens (including phenoxy) is 1. The number of nitrogens with one attached hydrogen (secondary N) is 1. The summed E-state index contributed by atoms with van der Waals surface area (Å²) >= 11 is 1.92. The molecule has 0 radical (unpaired) electrons. The molecule has 0 heterocycles. The van der Waals surface area contributed by atoms with Crippen molar-refractivity contribution in [1.29, 1.82) is 0 Å². The average Bonchev–Trinajstić information content (AvgIpc) is 2.34. The zero-order chi connectivity index (χ0) is 13.5. The fourth-order valence-electron chi connectivity index (χ4n) is 1.10. The second-order valence-corrected chi connectivity index (χ2v) is 4.36. The zero-order valence-corrected chi connectivity index (χ0v) is 11.7. The number of amides is 1. The van der Waals surface area contributed by atoms with Crippen LogP contribution in [-0.2, 0) is 9.57 Å². The summed E-state index contributed by atoms with van der Waals surface area (Å²) in [5.41, 5.74) is 2.25. The first-order chi connectivity index (χ1) is 8.56. The van der Waals surface area contributed by atoms with Crippen LogP contribution in [0.1, 0.15) is 10.4 Å². The van der Waals surface area contributed by atoms with Gasteiger partial charge in [-0.1, -0.05) is 0 Å². The highest BCUT2D eigenvalue weighted by molar-refractivity contribution is 14.1. The molecule has 0 spiro atoms. The summed E-state index contributed by atoms with van der Waals surface area (Å²) in [4.78, 5) is 26.6. The monoisotopic (exact) mass is 366 g/mol. The van der Waals surface area contributed by atoms with Gasteiger partial charge in [0.15, 0.2) is 0 Å². The van der Waals surface area contributed by atoms with Gasteiger partial charge in [-0.3, -0.25) is 19.7 Å². The van der Waals surface area contributed by atoms with E-state index >= 15 is 0 Å². The van der Waals surface area contributed by atoms with E-state index in [1.165, 1.54) is 25.3 Å². The standard InChI is InChI=1S/C10H11IN2O5/c1-17-4-5-18-12-10(14)8-6-7(13(15)16)2-3-9(8)11/h2-3,6H,4-5H2,1H3,(H,12,14). The zero-order valence-electron chi connectivity index (χ0n) is 9.51. The molecule has 0 aliphatic carbocycles. The Morgan fingerprint density at radius 3 is 2.83 bits per heavy atom. The van der Waals surface area contributed by atoms with E-state index in [9.17, 15) is 14.9 Å². The fourth-order valence-corrected chi connectivity index (χ4v) is 1.68. The van der Waals surface area contributed by atoms with E-state index in [1.54, 1.807) is 0 Å². The summed E-state index contributed by atoms with van der Waals surface area (Å²) in [7, 11) is 1.51. The Labute approximate surface area is 117 Å². The molecule has 0 saturated heterocycles. The molecule has 0 bridgehead atoms. The Kier molecular flexibility index (Phi) is 5.95. The number of hydroxylamine groups is 1. The van der Waals surface area contributed by atoms with E-state index in [4.69, 9.17) is 9.57 Å². The van der Waals surface area contributed by atoms with Crippen molar-refractivity contribution >= 4 is 34.2 Å². The number of carbonyl (C=O) groups is 1. The molecule has 1 amide bonds. The van der Waals surface area contributed by atoms with E-state index in [-0.39, 0.29) is 17.9 Å². The van der Waals surface area contributed by atoms with Gasteiger partial charge < -0.3 is 4.74 Å². The van der Waals surface area contributed by atoms with Gasteiger partial charge in [0, 0.05) is 22.8 Å². The number of nitrogens with zero attached hydrogens (tertiary/aromatic N) is 1. The third-order valence-electron chi connectivity index (χ3n) is 1.96. The highest BCUT2D eigenvalue weighted by Crippen LogP contribution is 2.19. The topological polar surface area (TPSA) is 90.7 Å². The molecule has 0 atom stereocenters. The van der Waals surface area contributed by atoms with Crippen LogP contribution >= 0.6 is 22.6 Å². The van der Waals surface area contributed by atoms with Crippen molar-refractivity contribution in [3.63, 3.8) is 0 Å². The van der Waals surface area contributed by atoms with Gasteiger partial charge in [-0.2, -0.15) is 0 Å². The van der Waals surface area contributed by atoms with Crippen LogP contribution in [0.25, 0.3) is 0 Å². The quantitative estimate of drug-likeness (QED) is 0.357. The Balaban J connectivity index is 2.72. The van der Waals surface area contributed by atoms with E-state index in [1.807, 2.05) is 22.6 Å². The number of benzene rings is 1. The van der Waals surface area contributed by atoms with Crippen molar-refractivity contribution < 1.29 is 19.3 Å². The molecule has 8 heteroatoms. The molecule has 18 heavy (non-hydrogen) atoms. The van der Waals surface area contributed by atoms with Gasteiger partial charge in [0.1, 0.15) is 0 Å². The van der Waals surface area contributed by atoms with Crippen LogP contribution in [-0.4, -0.2) is 31.2 Å². The second-order valence-electron chi connectivity index (χ2n) is 3.19. The smallest absolute Gasteiger partial charge is 0.276 e. The highest BCUT2D eigenvalue weighted by atomic mass is 127. The first kappa shape index (κ1) is 14.8. The van der Waals surface area contributed by atoms with Crippen molar-refractivity contribution in [2.24, 2.45) is 0 Å². The van der Waals surface area contributed by atoms with Gasteiger partial charge in [-0.05, 0) is 28.7 Å². The molecule has 1 rings (SSSR count). The molecule has 1 aromatic rings. The van der Waals surface area contributed by atoms with Gasteiger partial charge in [0.2, 0.25) is 0 Å². The van der Waals surface area contributed by atoms with Crippen molar-refractivity contribution in [3.05, 3.63) is 37.4 Å². The number of methoxy groups -OCH3 is 1. The molecule has 0 aliphatic rings. The number of hydrogen-bond acceptors (Lipinski definition) is 5. The Hall–Kier alpha value is -1.26. The van der Waals surface area contributed by atoms with E-state index in [2.05, 4.69) is 5.48 Å².